The quantitative estimate of drug-likeness (QED) is 0.497. The molecule has 0 atom stereocenters. The Morgan fingerprint density at radius 2 is 2.29 bits per heavy atom. The van der Waals surface area contributed by atoms with E-state index in [1.165, 1.54) is 12.8 Å². The minimum Gasteiger partial charge on any atom is -0.379 e. The maximum absolute atomic E-state index is 11.1. The predicted octanol–water partition coefficient (Wildman–Crippen LogP) is 1.55. The third-order valence-corrected chi connectivity index (χ3v) is 2.42. The number of nitrogens with one attached hydrogen (secondary N) is 1. The molecule has 3 nitrogen and oxygen atoms in total. The number of alkyl halides is 1. The molecule has 0 spiro atoms. The van der Waals surface area contributed by atoms with E-state index in [1.807, 2.05) is 0 Å². The first kappa shape index (κ1) is 11.8. The Morgan fingerprint density at radius 1 is 1.50 bits per heavy atom. The molecule has 1 N–H and O–H groups in total. The van der Waals surface area contributed by atoms with E-state index >= 15 is 0 Å². The monoisotopic (exact) mass is 219 g/mol. The molecule has 1 amide bonds. The third kappa shape index (κ3) is 6.22. The summed E-state index contributed by atoms with van der Waals surface area (Å²) >= 11 is 5.47. The van der Waals surface area contributed by atoms with Crippen molar-refractivity contribution in [3.05, 3.63) is 0 Å². The average molecular weight is 220 g/mol. The number of halogens is 1. The normalized spacial score (nSPS) is 15.5. The van der Waals surface area contributed by atoms with Gasteiger partial charge in [0.2, 0.25) is 5.91 Å². The SMILES string of the molecule is O=C(CCCCl)NCCOCC1CC1. The van der Waals surface area contributed by atoms with Crippen LogP contribution in [-0.4, -0.2) is 31.5 Å². The third-order valence-electron chi connectivity index (χ3n) is 2.16. The number of rotatable bonds is 8. The second-order valence-corrected chi connectivity index (χ2v) is 4.04. The Morgan fingerprint density at radius 3 is 2.93 bits per heavy atom. The van der Waals surface area contributed by atoms with Gasteiger partial charge in [-0.05, 0) is 25.2 Å². The van der Waals surface area contributed by atoms with Gasteiger partial charge in [0.15, 0.2) is 0 Å². The van der Waals surface area contributed by atoms with Crippen molar-refractivity contribution in [3.63, 3.8) is 0 Å². The van der Waals surface area contributed by atoms with Gasteiger partial charge in [-0.2, -0.15) is 0 Å². The summed E-state index contributed by atoms with van der Waals surface area (Å²) in [5.74, 6) is 1.41. The molecule has 0 aromatic carbocycles. The van der Waals surface area contributed by atoms with Gasteiger partial charge in [-0.1, -0.05) is 0 Å². The van der Waals surface area contributed by atoms with Gasteiger partial charge in [-0.25, -0.2) is 0 Å². The average Bonchev–Trinajstić information content (AvgIpc) is 2.98. The van der Waals surface area contributed by atoms with Crippen molar-refractivity contribution in [2.75, 3.05) is 25.6 Å². The van der Waals surface area contributed by atoms with Crippen molar-refractivity contribution < 1.29 is 9.53 Å². The van der Waals surface area contributed by atoms with Crippen LogP contribution >= 0.6 is 11.6 Å². The maximum atomic E-state index is 11.1. The van der Waals surface area contributed by atoms with Gasteiger partial charge in [0.25, 0.3) is 0 Å². The molecule has 0 aromatic heterocycles. The molecule has 0 aromatic rings. The largest absolute Gasteiger partial charge is 0.379 e. The van der Waals surface area contributed by atoms with Gasteiger partial charge < -0.3 is 10.1 Å². The van der Waals surface area contributed by atoms with Crippen molar-refractivity contribution in [2.45, 2.75) is 25.7 Å². The summed E-state index contributed by atoms with van der Waals surface area (Å²) in [7, 11) is 0. The van der Waals surface area contributed by atoms with E-state index in [4.69, 9.17) is 16.3 Å². The number of carbonyl (C=O) groups is 1. The first-order valence-corrected chi connectivity index (χ1v) is 5.77. The van der Waals surface area contributed by atoms with Crippen LogP contribution in [0.15, 0.2) is 0 Å². The van der Waals surface area contributed by atoms with Crippen LogP contribution in [0.1, 0.15) is 25.7 Å². The van der Waals surface area contributed by atoms with E-state index in [2.05, 4.69) is 5.32 Å². The highest BCUT2D eigenvalue weighted by Crippen LogP contribution is 2.28. The molecule has 1 aliphatic rings. The van der Waals surface area contributed by atoms with Crippen LogP contribution in [0.2, 0.25) is 0 Å². The predicted molar refractivity (Wildman–Crippen MR) is 56.5 cm³/mol. The Kier molecular flexibility index (Phi) is 5.96. The highest BCUT2D eigenvalue weighted by Gasteiger charge is 2.20. The Balaban J connectivity index is 1.79. The lowest BCUT2D eigenvalue weighted by atomic mass is 10.3. The summed E-state index contributed by atoms with van der Waals surface area (Å²) in [4.78, 5) is 11.1. The molecule has 0 heterocycles. The van der Waals surface area contributed by atoms with Crippen LogP contribution in [-0.2, 0) is 9.53 Å². The van der Waals surface area contributed by atoms with Gasteiger partial charge >= 0.3 is 0 Å². The number of hydrogen-bond donors (Lipinski definition) is 1. The molecule has 0 unspecified atom stereocenters. The van der Waals surface area contributed by atoms with Crippen LogP contribution in [0.5, 0.6) is 0 Å². The number of amides is 1. The maximum Gasteiger partial charge on any atom is 0.220 e. The smallest absolute Gasteiger partial charge is 0.220 e. The van der Waals surface area contributed by atoms with Crippen LogP contribution in [0.4, 0.5) is 0 Å². The lowest BCUT2D eigenvalue weighted by Crippen LogP contribution is -2.27. The fraction of sp³-hybridized carbons (Fsp3) is 0.900. The van der Waals surface area contributed by atoms with E-state index in [0.717, 1.165) is 18.9 Å². The summed E-state index contributed by atoms with van der Waals surface area (Å²) in [5.41, 5.74) is 0. The second kappa shape index (κ2) is 7.07. The Bertz CT molecular complexity index is 172. The van der Waals surface area contributed by atoms with Gasteiger partial charge in [0, 0.05) is 25.5 Å². The van der Waals surface area contributed by atoms with Gasteiger partial charge in [0.1, 0.15) is 0 Å². The lowest BCUT2D eigenvalue weighted by Gasteiger charge is -2.05. The fourth-order valence-electron chi connectivity index (χ4n) is 1.11. The van der Waals surface area contributed by atoms with Gasteiger partial charge in [0.05, 0.1) is 6.61 Å². The molecule has 1 rings (SSSR count). The lowest BCUT2D eigenvalue weighted by molar-refractivity contribution is -0.121. The molecule has 82 valence electrons. The molecule has 0 aliphatic heterocycles. The van der Waals surface area contributed by atoms with Crippen molar-refractivity contribution in [2.24, 2.45) is 5.92 Å². The number of hydrogen-bond acceptors (Lipinski definition) is 2. The van der Waals surface area contributed by atoms with Crippen LogP contribution in [0.3, 0.4) is 0 Å². The molecular weight excluding hydrogens is 202 g/mol. The van der Waals surface area contributed by atoms with E-state index in [9.17, 15) is 4.79 Å². The summed E-state index contributed by atoms with van der Waals surface area (Å²) < 4.78 is 5.37. The summed E-state index contributed by atoms with van der Waals surface area (Å²) in [5, 5.41) is 2.79. The first-order chi connectivity index (χ1) is 6.83. The Hall–Kier alpha value is -0.280. The van der Waals surface area contributed by atoms with Crippen LogP contribution in [0, 0.1) is 5.92 Å². The molecule has 0 radical (unpaired) electrons. The molecule has 14 heavy (non-hydrogen) atoms. The number of carbonyl (C=O) groups excluding carboxylic acids is 1. The van der Waals surface area contributed by atoms with Crippen LogP contribution < -0.4 is 5.32 Å². The zero-order valence-corrected chi connectivity index (χ0v) is 9.18. The zero-order chi connectivity index (χ0) is 10.2. The molecule has 1 fully saturated rings. The van der Waals surface area contributed by atoms with Crippen molar-refractivity contribution >= 4 is 17.5 Å². The van der Waals surface area contributed by atoms with Crippen LogP contribution in [0.25, 0.3) is 0 Å². The summed E-state index contributed by atoms with van der Waals surface area (Å²) in [6, 6.07) is 0. The zero-order valence-electron chi connectivity index (χ0n) is 8.43. The van der Waals surface area contributed by atoms with Crippen molar-refractivity contribution in [1.29, 1.82) is 0 Å². The van der Waals surface area contributed by atoms with Gasteiger partial charge in [-0.15, -0.1) is 11.6 Å². The second-order valence-electron chi connectivity index (χ2n) is 3.66. The molecule has 0 saturated heterocycles. The first-order valence-electron chi connectivity index (χ1n) is 5.23. The Labute approximate surface area is 90.1 Å². The van der Waals surface area contributed by atoms with Gasteiger partial charge in [-0.3, -0.25) is 4.79 Å². The van der Waals surface area contributed by atoms with E-state index in [0.29, 0.717) is 25.5 Å². The minimum absolute atomic E-state index is 0.0701. The molecular formula is C10H18ClNO2. The summed E-state index contributed by atoms with van der Waals surface area (Å²) in [6.07, 6.45) is 3.88. The number of ether oxygens (including phenoxy) is 1. The molecule has 0 bridgehead atoms. The van der Waals surface area contributed by atoms with Crippen molar-refractivity contribution in [1.82, 2.24) is 5.32 Å². The van der Waals surface area contributed by atoms with E-state index < -0.39 is 0 Å². The minimum atomic E-state index is 0.0701. The standard InChI is InChI=1S/C10H18ClNO2/c11-5-1-2-10(13)12-6-7-14-8-9-3-4-9/h9H,1-8H2,(H,12,13). The van der Waals surface area contributed by atoms with E-state index in [1.54, 1.807) is 0 Å². The van der Waals surface area contributed by atoms with Crippen molar-refractivity contribution in [3.8, 4) is 0 Å². The molecule has 4 heteroatoms. The van der Waals surface area contributed by atoms with E-state index in [-0.39, 0.29) is 5.91 Å². The fourth-order valence-corrected chi connectivity index (χ4v) is 1.25. The summed E-state index contributed by atoms with van der Waals surface area (Å²) in [6.45, 7) is 2.11. The topological polar surface area (TPSA) is 38.3 Å². The molecule has 1 aliphatic carbocycles. The highest BCUT2D eigenvalue weighted by molar-refractivity contribution is 6.17. The highest BCUT2D eigenvalue weighted by atomic mass is 35.5. The molecule has 1 saturated carbocycles.